The third-order valence-electron chi connectivity index (χ3n) is 6.20. The zero-order chi connectivity index (χ0) is 28.2. The second-order valence-electron chi connectivity index (χ2n) is 8.81. The van der Waals surface area contributed by atoms with Gasteiger partial charge in [-0.15, -0.1) is 0 Å². The van der Waals surface area contributed by atoms with Crippen LogP contribution in [0.2, 0.25) is 0 Å². The standard InChI is InChI=1S/C30H20FN3O6/c31-21-9-7-18(8-10-21)17-38-23-6-2-3-19(14-23)28-25-12-11-24(15-27(25)40-29(33)26(28)16-32)39-30(35)20-4-1-5-22(13-20)34(36)37/h1-15,28H,17,33H2. The van der Waals surface area contributed by atoms with Crippen LogP contribution < -0.4 is 19.9 Å². The van der Waals surface area contributed by atoms with Crippen molar-refractivity contribution in [3.63, 3.8) is 0 Å². The van der Waals surface area contributed by atoms with Gasteiger partial charge in [0, 0.05) is 23.8 Å². The first-order valence-electron chi connectivity index (χ1n) is 12.0. The highest BCUT2D eigenvalue weighted by Gasteiger charge is 2.31. The van der Waals surface area contributed by atoms with Crippen molar-refractivity contribution in [3.8, 4) is 23.3 Å². The van der Waals surface area contributed by atoms with Crippen molar-refractivity contribution < 1.29 is 28.3 Å². The number of esters is 1. The first-order valence-corrected chi connectivity index (χ1v) is 12.0. The lowest BCUT2D eigenvalue weighted by Crippen LogP contribution is -2.21. The summed E-state index contributed by atoms with van der Waals surface area (Å²) in [6.45, 7) is 0.219. The molecular formula is C30H20FN3O6. The van der Waals surface area contributed by atoms with Crippen molar-refractivity contribution in [1.82, 2.24) is 0 Å². The Morgan fingerprint density at radius 3 is 2.55 bits per heavy atom. The predicted molar refractivity (Wildman–Crippen MR) is 141 cm³/mol. The number of nitriles is 1. The Morgan fingerprint density at radius 2 is 1.80 bits per heavy atom. The van der Waals surface area contributed by atoms with Crippen molar-refractivity contribution >= 4 is 11.7 Å². The number of nitrogens with two attached hydrogens (primary N) is 1. The van der Waals surface area contributed by atoms with E-state index in [9.17, 15) is 24.6 Å². The average molecular weight is 538 g/mol. The molecule has 2 N–H and O–H groups in total. The van der Waals surface area contributed by atoms with Crippen LogP contribution in [0.1, 0.15) is 33.0 Å². The van der Waals surface area contributed by atoms with E-state index in [1.54, 1.807) is 36.4 Å². The van der Waals surface area contributed by atoms with Crippen LogP contribution in [0.15, 0.2) is 102 Å². The van der Waals surface area contributed by atoms with Crippen LogP contribution in [0.25, 0.3) is 0 Å². The predicted octanol–water partition coefficient (Wildman–Crippen LogP) is 5.75. The molecule has 1 aliphatic rings. The molecule has 1 atom stereocenters. The van der Waals surface area contributed by atoms with Gasteiger partial charge in [-0.05, 0) is 47.5 Å². The van der Waals surface area contributed by atoms with E-state index < -0.39 is 16.8 Å². The molecule has 0 radical (unpaired) electrons. The fourth-order valence-electron chi connectivity index (χ4n) is 4.29. The lowest BCUT2D eigenvalue weighted by Gasteiger charge is -2.27. The highest BCUT2D eigenvalue weighted by molar-refractivity contribution is 5.91. The number of benzene rings is 4. The summed E-state index contributed by atoms with van der Waals surface area (Å²) in [5, 5.41) is 20.9. The minimum Gasteiger partial charge on any atom is -0.489 e. The fourth-order valence-corrected chi connectivity index (χ4v) is 4.29. The van der Waals surface area contributed by atoms with E-state index in [1.807, 2.05) is 6.07 Å². The smallest absolute Gasteiger partial charge is 0.343 e. The summed E-state index contributed by atoms with van der Waals surface area (Å²) in [5.74, 6) is -0.873. The van der Waals surface area contributed by atoms with Gasteiger partial charge in [-0.25, -0.2) is 9.18 Å². The molecule has 4 aromatic carbocycles. The van der Waals surface area contributed by atoms with Crippen molar-refractivity contribution in [2.75, 3.05) is 0 Å². The van der Waals surface area contributed by atoms with Gasteiger partial charge in [-0.3, -0.25) is 10.1 Å². The zero-order valence-corrected chi connectivity index (χ0v) is 20.7. The van der Waals surface area contributed by atoms with Crippen LogP contribution >= 0.6 is 0 Å². The number of carbonyl (C=O) groups is 1. The van der Waals surface area contributed by atoms with E-state index in [4.69, 9.17) is 19.9 Å². The highest BCUT2D eigenvalue weighted by atomic mass is 19.1. The van der Waals surface area contributed by atoms with Gasteiger partial charge in [-0.2, -0.15) is 5.26 Å². The van der Waals surface area contributed by atoms with E-state index in [2.05, 4.69) is 6.07 Å². The molecule has 1 aliphatic heterocycles. The Bertz CT molecular complexity index is 1690. The first-order chi connectivity index (χ1) is 19.3. The van der Waals surface area contributed by atoms with E-state index in [0.717, 1.165) is 11.6 Å². The number of nitro benzene ring substituents is 1. The summed E-state index contributed by atoms with van der Waals surface area (Å²) in [4.78, 5) is 23.1. The van der Waals surface area contributed by atoms with E-state index in [-0.39, 0.29) is 46.6 Å². The Kier molecular flexibility index (Phi) is 7.11. The fraction of sp³-hybridized carbons (Fsp3) is 0.0667. The van der Waals surface area contributed by atoms with Crippen LogP contribution in [0, 0.1) is 27.3 Å². The average Bonchev–Trinajstić information content (AvgIpc) is 2.96. The molecule has 4 aromatic rings. The molecule has 0 bridgehead atoms. The number of carbonyl (C=O) groups excluding carboxylic acids is 1. The van der Waals surface area contributed by atoms with Crippen molar-refractivity contribution in [1.29, 1.82) is 5.26 Å². The molecule has 1 unspecified atom stereocenters. The summed E-state index contributed by atoms with van der Waals surface area (Å²) in [6, 6.07) is 25.1. The van der Waals surface area contributed by atoms with Gasteiger partial charge in [0.15, 0.2) is 0 Å². The Hall–Kier alpha value is -5.69. The summed E-state index contributed by atoms with van der Waals surface area (Å²) in [5.41, 5.74) is 8.18. The number of non-ortho nitro benzene ring substituents is 1. The number of hydrogen-bond acceptors (Lipinski definition) is 8. The molecule has 198 valence electrons. The normalized spacial score (nSPS) is 13.9. The van der Waals surface area contributed by atoms with Crippen LogP contribution in [-0.2, 0) is 6.61 Å². The van der Waals surface area contributed by atoms with Crippen LogP contribution in [0.4, 0.5) is 10.1 Å². The van der Waals surface area contributed by atoms with Gasteiger partial charge >= 0.3 is 5.97 Å². The quantitative estimate of drug-likeness (QED) is 0.136. The number of halogens is 1. The molecule has 9 nitrogen and oxygen atoms in total. The topological polar surface area (TPSA) is 138 Å². The van der Waals surface area contributed by atoms with Crippen molar-refractivity contribution in [2.45, 2.75) is 12.5 Å². The maximum Gasteiger partial charge on any atom is 0.343 e. The Labute approximate surface area is 227 Å². The molecular weight excluding hydrogens is 517 g/mol. The number of ether oxygens (including phenoxy) is 3. The van der Waals surface area contributed by atoms with Gasteiger partial charge in [0.1, 0.15) is 41.3 Å². The minimum absolute atomic E-state index is 0.00865. The first kappa shape index (κ1) is 25.9. The molecule has 0 saturated heterocycles. The van der Waals surface area contributed by atoms with E-state index in [0.29, 0.717) is 16.9 Å². The van der Waals surface area contributed by atoms with Crippen LogP contribution in [0.5, 0.6) is 17.2 Å². The van der Waals surface area contributed by atoms with Gasteiger partial charge in [0.2, 0.25) is 5.88 Å². The lowest BCUT2D eigenvalue weighted by atomic mass is 9.83. The van der Waals surface area contributed by atoms with Crippen LogP contribution in [-0.4, -0.2) is 10.9 Å². The number of nitrogens with zero attached hydrogens (tertiary/aromatic N) is 2. The minimum atomic E-state index is -0.789. The van der Waals surface area contributed by atoms with Gasteiger partial charge in [0.25, 0.3) is 5.69 Å². The second-order valence-corrected chi connectivity index (χ2v) is 8.81. The molecule has 0 aliphatic carbocycles. The summed E-state index contributed by atoms with van der Waals surface area (Å²) in [6.07, 6.45) is 0. The molecule has 0 spiro atoms. The maximum atomic E-state index is 13.2. The summed E-state index contributed by atoms with van der Waals surface area (Å²) < 4.78 is 30.2. The molecule has 5 rings (SSSR count). The SMILES string of the molecule is N#CC1=C(N)Oc2cc(OC(=O)c3cccc([N+](=O)[O-])c3)ccc2C1c1cccc(OCc2ccc(F)cc2)c1. The Balaban J connectivity index is 1.41. The largest absolute Gasteiger partial charge is 0.489 e. The van der Waals surface area contributed by atoms with E-state index >= 15 is 0 Å². The zero-order valence-electron chi connectivity index (χ0n) is 20.7. The molecule has 0 aromatic heterocycles. The van der Waals surface area contributed by atoms with Gasteiger partial charge in [0.05, 0.1) is 16.4 Å². The number of nitro groups is 1. The number of allylic oxidation sites excluding steroid dienone is 1. The third-order valence-corrected chi connectivity index (χ3v) is 6.20. The molecule has 1 heterocycles. The van der Waals surface area contributed by atoms with Gasteiger partial charge < -0.3 is 19.9 Å². The lowest BCUT2D eigenvalue weighted by molar-refractivity contribution is -0.384. The second kappa shape index (κ2) is 11.0. The highest BCUT2D eigenvalue weighted by Crippen LogP contribution is 2.44. The molecule has 10 heteroatoms. The number of rotatable bonds is 7. The third kappa shape index (κ3) is 5.44. The molecule has 0 saturated carbocycles. The molecule has 40 heavy (non-hydrogen) atoms. The monoisotopic (exact) mass is 537 g/mol. The Morgan fingerprint density at radius 1 is 1.02 bits per heavy atom. The summed E-state index contributed by atoms with van der Waals surface area (Å²) in [7, 11) is 0. The van der Waals surface area contributed by atoms with E-state index in [1.165, 1.54) is 42.5 Å². The van der Waals surface area contributed by atoms with Crippen LogP contribution in [0.3, 0.4) is 0 Å². The van der Waals surface area contributed by atoms with Gasteiger partial charge in [-0.1, -0.05) is 36.4 Å². The van der Waals surface area contributed by atoms with Crippen molar-refractivity contribution in [2.24, 2.45) is 5.73 Å². The van der Waals surface area contributed by atoms with Crippen molar-refractivity contribution in [3.05, 3.63) is 141 Å². The maximum absolute atomic E-state index is 13.2. The molecule has 0 amide bonds. The number of fused-ring (bicyclic) bond motifs is 1. The number of hydrogen-bond donors (Lipinski definition) is 1. The molecule has 0 fully saturated rings. The summed E-state index contributed by atoms with van der Waals surface area (Å²) >= 11 is 0.